The molecule has 16 heavy (non-hydrogen) atoms. The third-order valence-corrected chi connectivity index (χ3v) is 6.49. The average molecular weight is 233 g/mol. The molecule has 4 heteroatoms. The monoisotopic (exact) mass is 233 g/mol. The van der Waals surface area contributed by atoms with E-state index in [1.807, 2.05) is 0 Å². The molecular formula is C12H11NO2S. The van der Waals surface area contributed by atoms with Gasteiger partial charge in [0.05, 0.1) is 15.8 Å². The van der Waals surface area contributed by atoms with Crippen LogP contribution in [0.4, 0.5) is 0 Å². The lowest BCUT2D eigenvalue weighted by molar-refractivity contribution is 0.551. The summed E-state index contributed by atoms with van der Waals surface area (Å²) < 4.78 is 24.8. The van der Waals surface area contributed by atoms with Gasteiger partial charge in [0.25, 0.3) is 0 Å². The molecule has 2 bridgehead atoms. The summed E-state index contributed by atoms with van der Waals surface area (Å²) in [4.78, 5) is 4.78. The highest BCUT2D eigenvalue weighted by molar-refractivity contribution is 7.92. The summed E-state index contributed by atoms with van der Waals surface area (Å²) in [5, 5.41) is -0.229. The largest absolute Gasteiger partial charge is 0.260 e. The van der Waals surface area contributed by atoms with Crippen LogP contribution in [0.5, 0.6) is 0 Å². The van der Waals surface area contributed by atoms with E-state index in [0.29, 0.717) is 10.8 Å². The molecule has 0 amide bonds. The van der Waals surface area contributed by atoms with Gasteiger partial charge in [-0.2, -0.15) is 0 Å². The fourth-order valence-electron chi connectivity index (χ4n) is 3.60. The Bertz CT molecular complexity index is 605. The van der Waals surface area contributed by atoms with Gasteiger partial charge in [-0.1, -0.05) is 12.2 Å². The number of aromatic nitrogens is 1. The number of hydrogen-bond acceptors (Lipinski definition) is 3. The fraction of sp³-hybridized carbons (Fsp3) is 0.417. The summed E-state index contributed by atoms with van der Waals surface area (Å²) in [6, 6.07) is 3.42. The van der Waals surface area contributed by atoms with Crippen molar-refractivity contribution in [1.82, 2.24) is 4.98 Å². The lowest BCUT2D eigenvalue weighted by Crippen LogP contribution is -2.25. The van der Waals surface area contributed by atoms with E-state index in [0.717, 1.165) is 12.1 Å². The van der Waals surface area contributed by atoms with Gasteiger partial charge in [0.2, 0.25) is 0 Å². The standard InChI is InChI=1S/C12H11NO2S/c14-16(15)9-2-1-5-13-11(9)10-7-3-4-8(6-7)12(10)16/h1-5,7-8,10,12H,6H2/t7-,8+,10+,12+/m0/s1. The summed E-state index contributed by atoms with van der Waals surface area (Å²) >= 11 is 0. The first kappa shape index (κ1) is 8.93. The van der Waals surface area contributed by atoms with Crippen molar-refractivity contribution in [2.75, 3.05) is 0 Å². The van der Waals surface area contributed by atoms with E-state index in [2.05, 4.69) is 17.1 Å². The molecule has 0 saturated heterocycles. The number of pyridine rings is 1. The first-order valence-corrected chi connectivity index (χ1v) is 7.11. The molecule has 4 atom stereocenters. The summed E-state index contributed by atoms with van der Waals surface area (Å²) in [7, 11) is -3.13. The molecule has 0 N–H and O–H groups in total. The Morgan fingerprint density at radius 3 is 2.94 bits per heavy atom. The molecule has 4 rings (SSSR count). The van der Waals surface area contributed by atoms with Crippen LogP contribution in [0.25, 0.3) is 0 Å². The predicted octanol–water partition coefficient (Wildman–Crippen LogP) is 1.53. The second-order valence-corrected chi connectivity index (χ2v) is 6.94. The first-order valence-electron chi connectivity index (χ1n) is 5.57. The summed E-state index contributed by atoms with van der Waals surface area (Å²) in [6.07, 6.45) is 6.94. The smallest absolute Gasteiger partial charge is 0.184 e. The molecule has 1 aromatic heterocycles. The second kappa shape index (κ2) is 2.56. The molecule has 1 aromatic rings. The van der Waals surface area contributed by atoms with Crippen LogP contribution in [0.2, 0.25) is 0 Å². The number of allylic oxidation sites excluding steroid dienone is 2. The van der Waals surface area contributed by atoms with Crippen molar-refractivity contribution in [3.63, 3.8) is 0 Å². The van der Waals surface area contributed by atoms with Gasteiger partial charge in [-0.05, 0) is 30.4 Å². The number of hydrogen-bond donors (Lipinski definition) is 0. The van der Waals surface area contributed by atoms with E-state index < -0.39 is 9.84 Å². The Morgan fingerprint density at radius 2 is 2.06 bits per heavy atom. The van der Waals surface area contributed by atoms with Gasteiger partial charge < -0.3 is 0 Å². The molecule has 0 aromatic carbocycles. The zero-order valence-electron chi connectivity index (χ0n) is 8.58. The highest BCUT2D eigenvalue weighted by Crippen LogP contribution is 2.57. The van der Waals surface area contributed by atoms with Crippen molar-refractivity contribution < 1.29 is 8.42 Å². The quantitative estimate of drug-likeness (QED) is 0.638. The first-order chi connectivity index (χ1) is 7.69. The molecule has 2 aliphatic carbocycles. The zero-order chi connectivity index (χ0) is 10.9. The maximum absolute atomic E-state index is 12.4. The van der Waals surface area contributed by atoms with Gasteiger partial charge in [-0.3, -0.25) is 4.98 Å². The van der Waals surface area contributed by atoms with Gasteiger partial charge in [0, 0.05) is 12.1 Å². The lowest BCUT2D eigenvalue weighted by atomic mass is 9.90. The third-order valence-electron chi connectivity index (χ3n) is 4.17. The van der Waals surface area contributed by atoms with Crippen molar-refractivity contribution >= 4 is 9.84 Å². The van der Waals surface area contributed by atoms with Crippen LogP contribution >= 0.6 is 0 Å². The molecule has 3 nitrogen and oxygen atoms in total. The Kier molecular flexibility index (Phi) is 1.43. The van der Waals surface area contributed by atoms with E-state index in [4.69, 9.17) is 0 Å². The maximum Gasteiger partial charge on any atom is 0.184 e. The highest BCUT2D eigenvalue weighted by Gasteiger charge is 2.58. The zero-order valence-corrected chi connectivity index (χ0v) is 9.39. The lowest BCUT2D eigenvalue weighted by Gasteiger charge is -2.18. The van der Waals surface area contributed by atoms with E-state index >= 15 is 0 Å². The molecule has 0 radical (unpaired) electrons. The summed E-state index contributed by atoms with van der Waals surface area (Å²) in [5.41, 5.74) is 0.810. The topological polar surface area (TPSA) is 47.0 Å². The molecular weight excluding hydrogens is 222 g/mol. The van der Waals surface area contributed by atoms with Crippen LogP contribution < -0.4 is 0 Å². The summed E-state index contributed by atoms with van der Waals surface area (Å²) in [5.74, 6) is 0.728. The van der Waals surface area contributed by atoms with Gasteiger partial charge in [0.1, 0.15) is 0 Å². The van der Waals surface area contributed by atoms with Crippen molar-refractivity contribution in [3.05, 3.63) is 36.2 Å². The minimum Gasteiger partial charge on any atom is -0.260 e. The second-order valence-electron chi connectivity index (χ2n) is 4.87. The molecule has 1 aliphatic heterocycles. The molecule has 1 fully saturated rings. The molecule has 3 aliphatic rings. The van der Waals surface area contributed by atoms with Crippen LogP contribution in [0.3, 0.4) is 0 Å². The molecule has 0 spiro atoms. The molecule has 2 heterocycles. The van der Waals surface area contributed by atoms with Crippen LogP contribution in [-0.2, 0) is 9.84 Å². The Morgan fingerprint density at radius 1 is 1.25 bits per heavy atom. The van der Waals surface area contributed by atoms with Crippen LogP contribution in [0.15, 0.2) is 35.4 Å². The van der Waals surface area contributed by atoms with E-state index in [1.165, 1.54) is 0 Å². The van der Waals surface area contributed by atoms with Crippen molar-refractivity contribution in [2.45, 2.75) is 22.5 Å². The number of sulfone groups is 1. The van der Waals surface area contributed by atoms with Gasteiger partial charge >= 0.3 is 0 Å². The molecule has 0 unspecified atom stereocenters. The predicted molar refractivity (Wildman–Crippen MR) is 58.7 cm³/mol. The van der Waals surface area contributed by atoms with Crippen molar-refractivity contribution in [1.29, 1.82) is 0 Å². The van der Waals surface area contributed by atoms with Gasteiger partial charge in [-0.25, -0.2) is 8.42 Å². The fourth-order valence-corrected chi connectivity index (χ4v) is 6.02. The Hall–Kier alpha value is -1.16. The number of nitrogens with zero attached hydrogens (tertiary/aromatic N) is 1. The van der Waals surface area contributed by atoms with Crippen molar-refractivity contribution in [3.8, 4) is 0 Å². The van der Waals surface area contributed by atoms with Gasteiger partial charge in [-0.15, -0.1) is 0 Å². The van der Waals surface area contributed by atoms with Gasteiger partial charge in [0.15, 0.2) is 9.84 Å². The van der Waals surface area contributed by atoms with Crippen LogP contribution in [0.1, 0.15) is 18.0 Å². The van der Waals surface area contributed by atoms with Crippen molar-refractivity contribution in [2.24, 2.45) is 11.8 Å². The van der Waals surface area contributed by atoms with E-state index in [9.17, 15) is 8.42 Å². The Balaban J connectivity index is 2.05. The minimum atomic E-state index is -3.13. The number of rotatable bonds is 0. The average Bonchev–Trinajstić information content (AvgIpc) is 2.92. The summed E-state index contributed by atoms with van der Waals surface area (Å²) in [6.45, 7) is 0. The van der Waals surface area contributed by atoms with Crippen LogP contribution in [-0.4, -0.2) is 18.7 Å². The molecule has 1 saturated carbocycles. The normalized spacial score (nSPS) is 41.0. The third kappa shape index (κ3) is 0.820. The highest BCUT2D eigenvalue weighted by atomic mass is 32.2. The minimum absolute atomic E-state index is 0.121. The van der Waals surface area contributed by atoms with E-state index in [1.54, 1.807) is 18.3 Å². The molecule has 82 valence electrons. The SMILES string of the molecule is O=S1(=O)c2cccnc2[C@@H]2[C@H]1[C@@H]1C=C[C@H]2C1. The Labute approximate surface area is 94.1 Å². The number of fused-ring (bicyclic) bond motifs is 7. The van der Waals surface area contributed by atoms with Crippen LogP contribution in [0, 0.1) is 11.8 Å². The van der Waals surface area contributed by atoms with E-state index in [-0.39, 0.29) is 17.1 Å². The maximum atomic E-state index is 12.4.